The Hall–Kier alpha value is -2.88. The summed E-state index contributed by atoms with van der Waals surface area (Å²) in [6.07, 6.45) is 0.0266. The number of hydrogen-bond donors (Lipinski definition) is 0. The molecule has 1 saturated carbocycles. The largest absolute Gasteiger partial charge is 0.290 e. The fourth-order valence-corrected chi connectivity index (χ4v) is 2.23. The van der Waals surface area contributed by atoms with Gasteiger partial charge in [-0.15, -0.1) is 0 Å². The first-order valence-corrected chi connectivity index (χ1v) is 7.04. The van der Waals surface area contributed by atoms with Gasteiger partial charge in [-0.2, -0.15) is 0 Å². The smallest absolute Gasteiger partial charge is 0.204 e. The van der Waals surface area contributed by atoms with Gasteiger partial charge in [0.05, 0.1) is 35.6 Å². The monoisotopic (exact) mass is 290 g/mol. The summed E-state index contributed by atoms with van der Waals surface area (Å²) in [6, 6.07) is 18.7. The molecule has 0 aliphatic heterocycles. The summed E-state index contributed by atoms with van der Waals surface area (Å²) in [7, 11) is 0. The van der Waals surface area contributed by atoms with E-state index < -0.39 is 11.6 Å². The number of rotatable bonds is 2. The third kappa shape index (κ3) is 3.23. The summed E-state index contributed by atoms with van der Waals surface area (Å²) in [5.41, 5.74) is 2.64. The lowest BCUT2D eigenvalue weighted by Crippen LogP contribution is -2.32. The van der Waals surface area contributed by atoms with E-state index in [-0.39, 0.29) is 12.8 Å². The fraction of sp³-hybridized carbons (Fsp3) is 0.111. The predicted octanol–water partition coefficient (Wildman–Crippen LogP) is 3.46. The van der Waals surface area contributed by atoms with Gasteiger partial charge in [-0.3, -0.25) is 19.6 Å². The molecule has 4 nitrogen and oxygen atoms in total. The summed E-state index contributed by atoms with van der Waals surface area (Å²) in [4.78, 5) is 32.4. The molecular weight excluding hydrogens is 276 g/mol. The Morgan fingerprint density at radius 1 is 0.591 bits per heavy atom. The Morgan fingerprint density at radius 3 is 1.32 bits per heavy atom. The minimum Gasteiger partial charge on any atom is -0.290 e. The van der Waals surface area contributed by atoms with E-state index in [2.05, 4.69) is 9.98 Å². The first-order chi connectivity index (χ1) is 10.7. The second-order valence-corrected chi connectivity index (χ2v) is 4.99. The van der Waals surface area contributed by atoms with Crippen LogP contribution in [-0.2, 0) is 9.59 Å². The van der Waals surface area contributed by atoms with Gasteiger partial charge < -0.3 is 0 Å². The molecule has 22 heavy (non-hydrogen) atoms. The zero-order chi connectivity index (χ0) is 15.4. The van der Waals surface area contributed by atoms with Gasteiger partial charge in [0.2, 0.25) is 11.6 Å². The van der Waals surface area contributed by atoms with Gasteiger partial charge in [0, 0.05) is 0 Å². The van der Waals surface area contributed by atoms with E-state index in [9.17, 15) is 9.59 Å². The van der Waals surface area contributed by atoms with Crippen molar-refractivity contribution in [3.8, 4) is 0 Å². The van der Waals surface area contributed by atoms with Gasteiger partial charge in [0.25, 0.3) is 0 Å². The lowest BCUT2D eigenvalue weighted by atomic mass is 9.93. The van der Waals surface area contributed by atoms with Crippen molar-refractivity contribution in [2.45, 2.75) is 12.8 Å². The summed E-state index contributed by atoms with van der Waals surface area (Å²) in [6.45, 7) is 0. The number of carbonyl (C=O) groups excluding carboxylic acids is 2. The van der Waals surface area contributed by atoms with Gasteiger partial charge in [0.15, 0.2) is 0 Å². The van der Waals surface area contributed by atoms with Gasteiger partial charge in [-0.05, 0) is 24.3 Å². The van der Waals surface area contributed by atoms with Crippen LogP contribution in [0.3, 0.4) is 0 Å². The zero-order valence-corrected chi connectivity index (χ0v) is 11.9. The minimum absolute atomic E-state index is 0.0133. The first-order valence-electron chi connectivity index (χ1n) is 7.04. The van der Waals surface area contributed by atoms with Crippen LogP contribution >= 0.6 is 0 Å². The highest BCUT2D eigenvalue weighted by molar-refractivity contribution is 6.61. The van der Waals surface area contributed by atoms with Crippen molar-refractivity contribution < 1.29 is 9.59 Å². The van der Waals surface area contributed by atoms with Crippen LogP contribution in [0.5, 0.6) is 0 Å². The lowest BCUT2D eigenvalue weighted by molar-refractivity contribution is -0.135. The molecule has 108 valence electrons. The molecule has 0 unspecified atom stereocenters. The summed E-state index contributed by atoms with van der Waals surface area (Å²) >= 11 is 0. The molecule has 1 fully saturated rings. The van der Waals surface area contributed by atoms with Gasteiger partial charge >= 0.3 is 0 Å². The van der Waals surface area contributed by atoms with E-state index in [1.807, 2.05) is 60.7 Å². The molecule has 1 aliphatic carbocycles. The molecule has 3 rings (SSSR count). The maximum atomic E-state index is 11.7. The second-order valence-electron chi connectivity index (χ2n) is 4.99. The number of carbonyl (C=O) groups is 2. The Bertz CT molecular complexity index is 695. The van der Waals surface area contributed by atoms with Gasteiger partial charge in [0.1, 0.15) is 0 Å². The van der Waals surface area contributed by atoms with Crippen LogP contribution in [0.4, 0.5) is 11.4 Å². The second kappa shape index (κ2) is 6.26. The minimum atomic E-state index is -0.401. The van der Waals surface area contributed by atoms with Crippen LogP contribution in [0.1, 0.15) is 12.8 Å². The van der Waals surface area contributed by atoms with E-state index in [0.29, 0.717) is 11.4 Å². The molecule has 0 aromatic heterocycles. The number of Topliss-reactive ketones (excluding diaryl/α,β-unsaturated/α-hetero) is 2. The van der Waals surface area contributed by atoms with E-state index in [1.54, 1.807) is 0 Å². The van der Waals surface area contributed by atoms with Crippen molar-refractivity contribution in [3.63, 3.8) is 0 Å². The van der Waals surface area contributed by atoms with Crippen molar-refractivity contribution in [3.05, 3.63) is 60.7 Å². The van der Waals surface area contributed by atoms with Crippen LogP contribution in [0.15, 0.2) is 70.6 Å². The molecule has 1 aliphatic rings. The van der Waals surface area contributed by atoms with Crippen LogP contribution in [0.25, 0.3) is 0 Å². The van der Waals surface area contributed by atoms with E-state index in [4.69, 9.17) is 0 Å². The Morgan fingerprint density at radius 2 is 0.955 bits per heavy atom. The molecule has 0 bridgehead atoms. The number of nitrogens with zero attached hydrogens (tertiary/aromatic N) is 2. The van der Waals surface area contributed by atoms with Gasteiger partial charge in [-0.25, -0.2) is 0 Å². The fourth-order valence-electron chi connectivity index (χ4n) is 2.23. The van der Waals surface area contributed by atoms with Crippen molar-refractivity contribution in [2.24, 2.45) is 9.98 Å². The zero-order valence-electron chi connectivity index (χ0n) is 11.9. The Labute approximate surface area is 128 Å². The molecule has 0 amide bonds. The van der Waals surface area contributed by atoms with Crippen LogP contribution < -0.4 is 0 Å². The highest BCUT2D eigenvalue weighted by Crippen LogP contribution is 2.19. The average Bonchev–Trinajstić information content (AvgIpc) is 2.54. The van der Waals surface area contributed by atoms with E-state index in [0.717, 1.165) is 11.4 Å². The van der Waals surface area contributed by atoms with Crippen molar-refractivity contribution >= 4 is 34.4 Å². The van der Waals surface area contributed by atoms with Crippen molar-refractivity contribution in [1.29, 1.82) is 0 Å². The summed E-state index contributed by atoms with van der Waals surface area (Å²) in [5, 5.41) is 0. The number of ketones is 2. The normalized spacial score (nSPS) is 18.9. The van der Waals surface area contributed by atoms with Crippen LogP contribution in [0, 0.1) is 0 Å². The Balaban J connectivity index is 2.00. The third-order valence-corrected chi connectivity index (χ3v) is 3.34. The lowest BCUT2D eigenvalue weighted by Gasteiger charge is -2.14. The number of benzene rings is 2. The molecule has 0 heterocycles. The molecule has 2 aromatic rings. The molecule has 0 radical (unpaired) electrons. The van der Waals surface area contributed by atoms with Gasteiger partial charge in [-0.1, -0.05) is 36.4 Å². The molecule has 0 spiro atoms. The highest BCUT2D eigenvalue weighted by atomic mass is 16.2. The SMILES string of the molecule is O=C1CC(=Nc2ccccc2)C(=Nc2ccccc2)CC1=O. The topological polar surface area (TPSA) is 58.9 Å². The standard InChI is InChI=1S/C18H14N2O2/c21-17-11-15(19-13-7-3-1-4-8-13)16(12-18(17)22)20-14-9-5-2-6-10-14/h1-10H,11-12H2. The first kappa shape index (κ1) is 14.1. The molecule has 0 saturated heterocycles. The number of aliphatic imine (C=N–C) groups is 2. The molecular formula is C18H14N2O2. The highest BCUT2D eigenvalue weighted by Gasteiger charge is 2.28. The Kier molecular flexibility index (Phi) is 4.01. The van der Waals surface area contributed by atoms with E-state index in [1.165, 1.54) is 0 Å². The maximum Gasteiger partial charge on any atom is 0.204 e. The van der Waals surface area contributed by atoms with Crippen molar-refractivity contribution in [2.75, 3.05) is 0 Å². The van der Waals surface area contributed by atoms with Crippen LogP contribution in [-0.4, -0.2) is 23.0 Å². The summed E-state index contributed by atoms with van der Waals surface area (Å²) in [5.74, 6) is -0.802. The van der Waals surface area contributed by atoms with E-state index >= 15 is 0 Å². The molecule has 0 atom stereocenters. The van der Waals surface area contributed by atoms with Crippen LogP contribution in [0.2, 0.25) is 0 Å². The predicted molar refractivity (Wildman–Crippen MR) is 86.3 cm³/mol. The average molecular weight is 290 g/mol. The maximum absolute atomic E-state index is 11.7. The third-order valence-electron chi connectivity index (χ3n) is 3.34. The molecule has 2 aromatic carbocycles. The van der Waals surface area contributed by atoms with Crippen molar-refractivity contribution in [1.82, 2.24) is 0 Å². The molecule has 4 heteroatoms. The number of para-hydroxylation sites is 2. The quantitative estimate of drug-likeness (QED) is 0.795. The number of hydrogen-bond acceptors (Lipinski definition) is 4. The summed E-state index contributed by atoms with van der Waals surface area (Å²) < 4.78 is 0. The molecule has 0 N–H and O–H groups in total.